The molecule has 1 saturated heterocycles. The van der Waals surface area contributed by atoms with E-state index in [1.807, 2.05) is 6.92 Å². The van der Waals surface area contributed by atoms with E-state index in [0.717, 1.165) is 4.88 Å². The van der Waals surface area contributed by atoms with E-state index >= 15 is 0 Å². The largest absolute Gasteiger partial charge is 0.478 e. The van der Waals surface area contributed by atoms with E-state index in [0.29, 0.717) is 23.5 Å². The van der Waals surface area contributed by atoms with Crippen molar-refractivity contribution in [2.45, 2.75) is 32.8 Å². The Balaban J connectivity index is 2.17. The zero-order chi connectivity index (χ0) is 15.1. The van der Waals surface area contributed by atoms with Crippen molar-refractivity contribution in [2.75, 3.05) is 18.4 Å². The number of aromatic carboxylic acids is 1. The van der Waals surface area contributed by atoms with Gasteiger partial charge in [-0.1, -0.05) is 0 Å². The highest BCUT2D eigenvalue weighted by molar-refractivity contribution is 7.16. The number of carboxylic acids is 1. The zero-order valence-corrected chi connectivity index (χ0v) is 12.5. The van der Waals surface area contributed by atoms with Crippen LogP contribution in [0.2, 0.25) is 0 Å². The third-order valence-corrected chi connectivity index (χ3v) is 4.68. The number of nitrogens with one attached hydrogen (secondary N) is 1. The van der Waals surface area contributed by atoms with Crippen LogP contribution in [0, 0.1) is 13.8 Å². The third kappa shape index (κ3) is 2.78. The first kappa shape index (κ1) is 14.8. The number of carbonyl (C=O) groups excluding carboxylic acids is 1. The maximum absolute atomic E-state index is 12.1. The molecule has 1 atom stereocenters. The van der Waals surface area contributed by atoms with Gasteiger partial charge >= 0.3 is 12.0 Å². The molecule has 0 saturated carbocycles. The number of hydrogen-bond donors (Lipinski definition) is 3. The van der Waals surface area contributed by atoms with Gasteiger partial charge < -0.3 is 15.1 Å². The molecule has 0 spiro atoms. The SMILES string of the molecule is Cc1sc(NC(=O)N2CCC(C)(O)C2)c(C(=O)O)c1C. The van der Waals surface area contributed by atoms with Crippen molar-refractivity contribution in [1.82, 2.24) is 4.90 Å². The van der Waals surface area contributed by atoms with Gasteiger partial charge in [-0.15, -0.1) is 11.3 Å². The molecule has 1 aliphatic rings. The average molecular weight is 298 g/mol. The molecule has 2 heterocycles. The molecule has 1 aliphatic heterocycles. The highest BCUT2D eigenvalue weighted by Crippen LogP contribution is 2.33. The summed E-state index contributed by atoms with van der Waals surface area (Å²) in [5.74, 6) is -1.05. The summed E-state index contributed by atoms with van der Waals surface area (Å²) in [6, 6.07) is -0.369. The molecular weight excluding hydrogens is 280 g/mol. The van der Waals surface area contributed by atoms with Gasteiger partial charge in [0, 0.05) is 11.4 Å². The minimum Gasteiger partial charge on any atom is -0.478 e. The van der Waals surface area contributed by atoms with Crippen molar-refractivity contribution < 1.29 is 19.8 Å². The predicted molar refractivity (Wildman–Crippen MR) is 76.6 cm³/mol. The number of carbonyl (C=O) groups is 2. The quantitative estimate of drug-likeness (QED) is 0.779. The lowest BCUT2D eigenvalue weighted by molar-refractivity contribution is 0.0695. The van der Waals surface area contributed by atoms with E-state index < -0.39 is 11.6 Å². The molecule has 2 amide bonds. The minimum atomic E-state index is -1.05. The number of aliphatic hydroxyl groups is 1. The van der Waals surface area contributed by atoms with Gasteiger partial charge in [0.25, 0.3) is 0 Å². The number of carboxylic acid groups (broad SMARTS) is 1. The van der Waals surface area contributed by atoms with Crippen LogP contribution in [0.3, 0.4) is 0 Å². The standard InChI is InChI=1S/C13H18N2O4S/c1-7-8(2)20-10(9(7)11(16)17)14-12(18)15-5-4-13(3,19)6-15/h19H,4-6H2,1-3H3,(H,14,18)(H,16,17). The first-order valence-electron chi connectivity index (χ1n) is 6.33. The number of aryl methyl sites for hydroxylation is 1. The fraction of sp³-hybridized carbons (Fsp3) is 0.538. The van der Waals surface area contributed by atoms with E-state index in [1.165, 1.54) is 16.2 Å². The van der Waals surface area contributed by atoms with Crippen LogP contribution in [-0.2, 0) is 0 Å². The highest BCUT2D eigenvalue weighted by atomic mass is 32.1. The lowest BCUT2D eigenvalue weighted by Crippen LogP contribution is -2.36. The number of thiophene rings is 1. The van der Waals surface area contributed by atoms with Gasteiger partial charge in [0.15, 0.2) is 0 Å². The molecule has 1 aromatic heterocycles. The lowest BCUT2D eigenvalue weighted by Gasteiger charge is -2.19. The van der Waals surface area contributed by atoms with Crippen molar-refractivity contribution in [1.29, 1.82) is 0 Å². The van der Waals surface area contributed by atoms with Crippen molar-refractivity contribution in [2.24, 2.45) is 0 Å². The van der Waals surface area contributed by atoms with Crippen LogP contribution in [0.25, 0.3) is 0 Å². The van der Waals surface area contributed by atoms with Crippen molar-refractivity contribution in [3.8, 4) is 0 Å². The molecule has 1 fully saturated rings. The fourth-order valence-corrected chi connectivity index (χ4v) is 3.31. The zero-order valence-electron chi connectivity index (χ0n) is 11.7. The number of hydrogen-bond acceptors (Lipinski definition) is 4. The van der Waals surface area contributed by atoms with E-state index in [-0.39, 0.29) is 18.1 Å². The van der Waals surface area contributed by atoms with Crippen LogP contribution >= 0.6 is 11.3 Å². The molecule has 0 radical (unpaired) electrons. The van der Waals surface area contributed by atoms with Gasteiger partial charge in [-0.25, -0.2) is 9.59 Å². The summed E-state index contributed by atoms with van der Waals surface area (Å²) in [6.45, 7) is 5.95. The Morgan fingerprint density at radius 1 is 1.40 bits per heavy atom. The molecule has 2 rings (SSSR count). The van der Waals surface area contributed by atoms with Crippen molar-refractivity contribution >= 4 is 28.3 Å². The van der Waals surface area contributed by atoms with Gasteiger partial charge in [0.1, 0.15) is 5.00 Å². The number of amides is 2. The Hall–Kier alpha value is -1.60. The van der Waals surface area contributed by atoms with E-state index in [4.69, 9.17) is 0 Å². The van der Waals surface area contributed by atoms with E-state index in [9.17, 15) is 19.8 Å². The van der Waals surface area contributed by atoms with Crippen LogP contribution < -0.4 is 5.32 Å². The van der Waals surface area contributed by atoms with Gasteiger partial charge in [-0.3, -0.25) is 5.32 Å². The maximum Gasteiger partial charge on any atom is 0.338 e. The molecular formula is C13H18N2O4S. The normalized spacial score (nSPS) is 22.1. The minimum absolute atomic E-state index is 0.145. The second-order valence-corrected chi connectivity index (χ2v) is 6.62. The summed E-state index contributed by atoms with van der Waals surface area (Å²) in [5.41, 5.74) is -0.0492. The fourth-order valence-electron chi connectivity index (χ4n) is 2.27. The third-order valence-electron chi connectivity index (χ3n) is 3.56. The summed E-state index contributed by atoms with van der Waals surface area (Å²) in [5, 5.41) is 22.1. The Kier molecular flexibility index (Phi) is 3.75. The first-order valence-corrected chi connectivity index (χ1v) is 7.14. The molecule has 110 valence electrons. The monoisotopic (exact) mass is 298 g/mol. The van der Waals surface area contributed by atoms with Crippen molar-refractivity contribution in [3.05, 3.63) is 16.0 Å². The second-order valence-electron chi connectivity index (χ2n) is 5.39. The number of rotatable bonds is 2. The molecule has 1 unspecified atom stereocenters. The van der Waals surface area contributed by atoms with Crippen LogP contribution in [0.5, 0.6) is 0 Å². The van der Waals surface area contributed by atoms with E-state index in [2.05, 4.69) is 5.32 Å². The number of β-amino-alcohol motifs (C(OH)–C–C–N with tert-alkyl or cyclic N) is 1. The van der Waals surface area contributed by atoms with Gasteiger partial charge in [0.05, 0.1) is 17.7 Å². The summed E-state index contributed by atoms with van der Waals surface area (Å²) in [6.07, 6.45) is 0.523. The van der Waals surface area contributed by atoms with Crippen LogP contribution in [0.4, 0.5) is 9.80 Å². The van der Waals surface area contributed by atoms with Gasteiger partial charge in [-0.2, -0.15) is 0 Å². The number of anilines is 1. The molecule has 6 nitrogen and oxygen atoms in total. The molecule has 0 bridgehead atoms. The number of likely N-dealkylation sites (tertiary alicyclic amines) is 1. The second kappa shape index (κ2) is 5.06. The van der Waals surface area contributed by atoms with Crippen LogP contribution in [0.15, 0.2) is 0 Å². The summed E-state index contributed by atoms with van der Waals surface area (Å²) < 4.78 is 0. The average Bonchev–Trinajstić information content (AvgIpc) is 2.80. The molecule has 3 N–H and O–H groups in total. The predicted octanol–water partition coefficient (Wildman–Crippen LogP) is 2.05. The Morgan fingerprint density at radius 3 is 2.55 bits per heavy atom. The summed E-state index contributed by atoms with van der Waals surface area (Å²) in [7, 11) is 0. The van der Waals surface area contributed by atoms with E-state index in [1.54, 1.807) is 13.8 Å². The summed E-state index contributed by atoms with van der Waals surface area (Å²) in [4.78, 5) is 25.7. The Labute approximate surface area is 121 Å². The van der Waals surface area contributed by atoms with Gasteiger partial charge in [0.2, 0.25) is 0 Å². The smallest absolute Gasteiger partial charge is 0.338 e. The molecule has 7 heteroatoms. The summed E-state index contributed by atoms with van der Waals surface area (Å²) >= 11 is 1.25. The number of nitrogens with zero attached hydrogens (tertiary/aromatic N) is 1. The number of urea groups is 1. The molecule has 20 heavy (non-hydrogen) atoms. The highest BCUT2D eigenvalue weighted by Gasteiger charge is 2.34. The van der Waals surface area contributed by atoms with Crippen molar-refractivity contribution in [3.63, 3.8) is 0 Å². The Bertz CT molecular complexity index is 565. The van der Waals surface area contributed by atoms with Gasteiger partial charge in [-0.05, 0) is 32.8 Å². The Morgan fingerprint density at radius 2 is 2.05 bits per heavy atom. The molecule has 1 aromatic rings. The van der Waals surface area contributed by atoms with Crippen LogP contribution in [0.1, 0.15) is 34.1 Å². The first-order chi connectivity index (χ1) is 9.21. The molecule has 0 aliphatic carbocycles. The van der Waals surface area contributed by atoms with Crippen LogP contribution in [-0.4, -0.2) is 45.8 Å². The topological polar surface area (TPSA) is 89.9 Å². The molecule has 0 aromatic carbocycles. The lowest BCUT2D eigenvalue weighted by atomic mass is 10.1. The maximum atomic E-state index is 12.1.